The van der Waals surface area contributed by atoms with Crippen LogP contribution in [-0.2, 0) is 15.6 Å². The highest BCUT2D eigenvalue weighted by Gasteiger charge is 2.18. The summed E-state index contributed by atoms with van der Waals surface area (Å²) in [6.45, 7) is 1.60. The number of rotatable bonds is 3. The number of benzene rings is 1. The molecule has 7 heteroatoms. The smallest absolute Gasteiger partial charge is 0.223 e. The van der Waals surface area contributed by atoms with Crippen LogP contribution in [0.2, 0.25) is 5.02 Å². The van der Waals surface area contributed by atoms with Gasteiger partial charge in [-0.15, -0.1) is 0 Å². The highest BCUT2D eigenvalue weighted by Crippen LogP contribution is 2.17. The largest absolute Gasteiger partial charge is 0.340 e. The summed E-state index contributed by atoms with van der Waals surface area (Å²) in [4.78, 5) is 4.04. The Morgan fingerprint density at radius 2 is 1.94 bits per heavy atom. The fourth-order valence-corrected chi connectivity index (χ4v) is 2.60. The second-order valence-corrected chi connectivity index (χ2v) is 5.87. The van der Waals surface area contributed by atoms with Crippen LogP contribution < -0.4 is 0 Å². The molecular formula is C10H9ClN2O3S. The molecule has 1 aromatic heterocycles. The Hall–Kier alpha value is -1.40. The number of aromatic nitrogens is 2. The molecule has 0 aliphatic rings. The van der Waals surface area contributed by atoms with Gasteiger partial charge >= 0.3 is 0 Å². The highest BCUT2D eigenvalue weighted by molar-refractivity contribution is 7.90. The van der Waals surface area contributed by atoms with Crippen molar-refractivity contribution in [3.8, 4) is 0 Å². The average Bonchev–Trinajstić information content (AvgIpc) is 2.63. The molecule has 0 bridgehead atoms. The van der Waals surface area contributed by atoms with Crippen LogP contribution in [0.15, 0.2) is 33.7 Å². The van der Waals surface area contributed by atoms with Crippen LogP contribution in [0, 0.1) is 6.92 Å². The molecule has 0 fully saturated rings. The Bertz CT molecular complexity index is 619. The molecule has 0 amide bonds. The van der Waals surface area contributed by atoms with E-state index < -0.39 is 9.84 Å². The summed E-state index contributed by atoms with van der Waals surface area (Å²) >= 11 is 5.69. The third-order valence-electron chi connectivity index (χ3n) is 2.06. The number of sulfone groups is 1. The van der Waals surface area contributed by atoms with E-state index >= 15 is 0 Å². The summed E-state index contributed by atoms with van der Waals surface area (Å²) in [5, 5.41) is 4.04. The van der Waals surface area contributed by atoms with Gasteiger partial charge in [-0.3, -0.25) is 0 Å². The molecule has 0 aliphatic carbocycles. The summed E-state index contributed by atoms with van der Waals surface area (Å²) in [6, 6.07) is 5.95. The molecule has 0 spiro atoms. The van der Waals surface area contributed by atoms with E-state index in [1.807, 2.05) is 0 Å². The number of halogens is 1. The summed E-state index contributed by atoms with van der Waals surface area (Å²) in [5.74, 6) is 0.204. The number of hydrogen-bond donors (Lipinski definition) is 0. The zero-order valence-electron chi connectivity index (χ0n) is 8.92. The van der Waals surface area contributed by atoms with E-state index in [0.717, 1.165) is 0 Å². The average molecular weight is 273 g/mol. The summed E-state index contributed by atoms with van der Waals surface area (Å²) in [5.41, 5.74) is 0. The second-order valence-electron chi connectivity index (χ2n) is 3.44. The van der Waals surface area contributed by atoms with Gasteiger partial charge in [0.2, 0.25) is 5.89 Å². The first kappa shape index (κ1) is 12.1. The quantitative estimate of drug-likeness (QED) is 0.854. The lowest BCUT2D eigenvalue weighted by molar-refractivity contribution is 0.388. The van der Waals surface area contributed by atoms with E-state index in [1.54, 1.807) is 6.92 Å². The van der Waals surface area contributed by atoms with Crippen molar-refractivity contribution in [1.82, 2.24) is 10.1 Å². The molecule has 0 saturated carbocycles. The lowest BCUT2D eigenvalue weighted by Gasteiger charge is -2.01. The monoisotopic (exact) mass is 272 g/mol. The van der Waals surface area contributed by atoms with Crippen molar-refractivity contribution in [2.75, 3.05) is 0 Å². The van der Waals surface area contributed by atoms with Gasteiger partial charge in [0.25, 0.3) is 0 Å². The van der Waals surface area contributed by atoms with Crippen molar-refractivity contribution in [2.45, 2.75) is 17.6 Å². The fraction of sp³-hybridized carbons (Fsp3) is 0.200. The number of aryl methyl sites for hydroxylation is 1. The van der Waals surface area contributed by atoms with Crippen LogP contribution in [0.1, 0.15) is 11.7 Å². The van der Waals surface area contributed by atoms with Gasteiger partial charge in [-0.1, -0.05) is 16.8 Å². The van der Waals surface area contributed by atoms with E-state index in [4.69, 9.17) is 16.1 Å². The van der Waals surface area contributed by atoms with Gasteiger partial charge in [0.1, 0.15) is 5.75 Å². The molecule has 0 radical (unpaired) electrons. The topological polar surface area (TPSA) is 73.1 Å². The van der Waals surface area contributed by atoms with Crippen molar-refractivity contribution >= 4 is 21.4 Å². The SMILES string of the molecule is Cc1nc(CS(=O)(=O)c2ccc(Cl)cc2)no1. The molecule has 1 aromatic carbocycles. The van der Waals surface area contributed by atoms with E-state index in [2.05, 4.69) is 10.1 Å². The molecule has 2 aromatic rings. The van der Waals surface area contributed by atoms with Gasteiger partial charge in [-0.25, -0.2) is 8.42 Å². The Kier molecular flexibility index (Phi) is 3.17. The highest BCUT2D eigenvalue weighted by atomic mass is 35.5. The lowest BCUT2D eigenvalue weighted by Crippen LogP contribution is -2.06. The fourth-order valence-electron chi connectivity index (χ4n) is 1.30. The van der Waals surface area contributed by atoms with Crippen LogP contribution >= 0.6 is 11.6 Å². The third-order valence-corrected chi connectivity index (χ3v) is 3.94. The summed E-state index contributed by atoms with van der Waals surface area (Å²) in [7, 11) is -3.46. The minimum atomic E-state index is -3.46. The molecule has 0 aliphatic heterocycles. The maximum absolute atomic E-state index is 12.0. The first-order valence-corrected chi connectivity index (χ1v) is 6.78. The predicted octanol–water partition coefficient (Wildman–Crippen LogP) is 2.01. The first-order valence-electron chi connectivity index (χ1n) is 4.75. The summed E-state index contributed by atoms with van der Waals surface area (Å²) < 4.78 is 28.6. The van der Waals surface area contributed by atoms with Crippen molar-refractivity contribution in [1.29, 1.82) is 0 Å². The van der Waals surface area contributed by atoms with Crippen LogP contribution in [0.25, 0.3) is 0 Å². The molecule has 0 atom stereocenters. The van der Waals surface area contributed by atoms with E-state index in [-0.39, 0.29) is 16.5 Å². The molecule has 1 heterocycles. The van der Waals surface area contributed by atoms with Crippen LogP contribution in [-0.4, -0.2) is 18.6 Å². The van der Waals surface area contributed by atoms with Crippen molar-refractivity contribution in [3.05, 3.63) is 41.0 Å². The lowest BCUT2D eigenvalue weighted by atomic mass is 10.4. The molecular weight excluding hydrogens is 264 g/mol. The Morgan fingerprint density at radius 3 is 2.47 bits per heavy atom. The number of hydrogen-bond acceptors (Lipinski definition) is 5. The van der Waals surface area contributed by atoms with Crippen LogP contribution in [0.4, 0.5) is 0 Å². The maximum Gasteiger partial charge on any atom is 0.223 e. The first-order chi connectivity index (χ1) is 7.97. The minimum absolute atomic E-state index is 0.150. The normalized spacial score (nSPS) is 11.6. The molecule has 17 heavy (non-hydrogen) atoms. The van der Waals surface area contributed by atoms with Crippen LogP contribution in [0.5, 0.6) is 0 Å². The third kappa shape index (κ3) is 2.83. The number of nitrogens with zero attached hydrogens (tertiary/aromatic N) is 2. The summed E-state index contributed by atoms with van der Waals surface area (Å²) in [6.07, 6.45) is 0. The van der Waals surface area contributed by atoms with Gasteiger partial charge in [-0.05, 0) is 24.3 Å². The van der Waals surface area contributed by atoms with Crippen LogP contribution in [0.3, 0.4) is 0 Å². The van der Waals surface area contributed by atoms with Gasteiger partial charge in [0, 0.05) is 11.9 Å². The minimum Gasteiger partial charge on any atom is -0.340 e. The Morgan fingerprint density at radius 1 is 1.29 bits per heavy atom. The molecule has 0 saturated heterocycles. The van der Waals surface area contributed by atoms with E-state index in [0.29, 0.717) is 10.9 Å². The zero-order chi connectivity index (χ0) is 12.5. The van der Waals surface area contributed by atoms with Gasteiger partial charge in [-0.2, -0.15) is 4.98 Å². The van der Waals surface area contributed by atoms with Crippen molar-refractivity contribution in [2.24, 2.45) is 0 Å². The van der Waals surface area contributed by atoms with Gasteiger partial charge < -0.3 is 4.52 Å². The molecule has 2 rings (SSSR count). The Labute approximate surface area is 103 Å². The maximum atomic E-state index is 12.0. The van der Waals surface area contributed by atoms with Crippen molar-refractivity contribution in [3.63, 3.8) is 0 Å². The second kappa shape index (κ2) is 4.46. The van der Waals surface area contributed by atoms with E-state index in [9.17, 15) is 8.42 Å². The predicted molar refractivity (Wildman–Crippen MR) is 61.4 cm³/mol. The molecule has 5 nitrogen and oxygen atoms in total. The van der Waals surface area contributed by atoms with E-state index in [1.165, 1.54) is 24.3 Å². The standard InChI is InChI=1S/C10H9ClN2O3S/c1-7-12-10(13-16-7)6-17(14,15)9-4-2-8(11)3-5-9/h2-5H,6H2,1H3. The zero-order valence-corrected chi connectivity index (χ0v) is 10.5. The molecule has 0 unspecified atom stereocenters. The molecule has 0 N–H and O–H groups in total. The van der Waals surface area contributed by atoms with Gasteiger partial charge in [0.05, 0.1) is 4.90 Å². The van der Waals surface area contributed by atoms with Gasteiger partial charge in [0.15, 0.2) is 15.7 Å². The van der Waals surface area contributed by atoms with Crippen molar-refractivity contribution < 1.29 is 12.9 Å². The molecule has 90 valence electrons. The Balaban J connectivity index is 2.28.